The standard InChI is InChI=1S/C12H15ClN2O/c1-15-9(3-4-14)5-8-6-12(16-2)10(13)7-11(8)15/h5-7H,3-4,14H2,1-2H3. The Morgan fingerprint density at radius 3 is 2.75 bits per heavy atom. The van der Waals surface area contributed by atoms with Crippen LogP contribution in [0.2, 0.25) is 5.02 Å². The summed E-state index contributed by atoms with van der Waals surface area (Å²) in [6.45, 7) is 0.648. The third-order valence-corrected chi connectivity index (χ3v) is 3.11. The Kier molecular flexibility index (Phi) is 3.08. The number of hydrogen-bond acceptors (Lipinski definition) is 2. The predicted molar refractivity (Wildman–Crippen MR) is 67.2 cm³/mol. The van der Waals surface area contributed by atoms with Crippen LogP contribution in [0.25, 0.3) is 10.9 Å². The molecule has 1 aromatic carbocycles. The van der Waals surface area contributed by atoms with Crippen molar-refractivity contribution in [3.8, 4) is 5.75 Å². The van der Waals surface area contributed by atoms with Crippen LogP contribution >= 0.6 is 11.6 Å². The lowest BCUT2D eigenvalue weighted by molar-refractivity contribution is 0.415. The van der Waals surface area contributed by atoms with E-state index in [1.807, 2.05) is 19.2 Å². The molecule has 86 valence electrons. The molecule has 2 aromatic rings. The van der Waals surface area contributed by atoms with Gasteiger partial charge in [0.15, 0.2) is 0 Å². The molecular weight excluding hydrogens is 224 g/mol. The first kappa shape index (κ1) is 11.3. The van der Waals surface area contributed by atoms with E-state index >= 15 is 0 Å². The fourth-order valence-corrected chi connectivity index (χ4v) is 2.17. The highest BCUT2D eigenvalue weighted by molar-refractivity contribution is 6.32. The molecular formula is C12H15ClN2O. The maximum atomic E-state index is 6.10. The molecule has 0 radical (unpaired) electrons. The van der Waals surface area contributed by atoms with Crippen molar-refractivity contribution in [1.82, 2.24) is 4.57 Å². The highest BCUT2D eigenvalue weighted by Crippen LogP contribution is 2.31. The Balaban J connectivity index is 2.62. The van der Waals surface area contributed by atoms with Gasteiger partial charge in [-0.3, -0.25) is 0 Å². The van der Waals surface area contributed by atoms with Crippen LogP contribution in [-0.2, 0) is 13.5 Å². The molecule has 0 aliphatic carbocycles. The molecule has 0 bridgehead atoms. The lowest BCUT2D eigenvalue weighted by Crippen LogP contribution is -2.06. The van der Waals surface area contributed by atoms with Crippen molar-refractivity contribution < 1.29 is 4.74 Å². The second kappa shape index (κ2) is 4.36. The predicted octanol–water partition coefficient (Wildman–Crippen LogP) is 2.34. The van der Waals surface area contributed by atoms with Gasteiger partial charge in [-0.15, -0.1) is 0 Å². The van der Waals surface area contributed by atoms with Crippen molar-refractivity contribution in [3.05, 3.63) is 28.9 Å². The number of benzene rings is 1. The van der Waals surface area contributed by atoms with Gasteiger partial charge in [0.25, 0.3) is 0 Å². The van der Waals surface area contributed by atoms with E-state index in [2.05, 4.69) is 10.6 Å². The number of fused-ring (bicyclic) bond motifs is 1. The molecule has 0 aliphatic rings. The summed E-state index contributed by atoms with van der Waals surface area (Å²) in [6, 6.07) is 6.01. The van der Waals surface area contributed by atoms with Gasteiger partial charge >= 0.3 is 0 Å². The van der Waals surface area contributed by atoms with Crippen LogP contribution in [0.5, 0.6) is 5.75 Å². The highest BCUT2D eigenvalue weighted by atomic mass is 35.5. The smallest absolute Gasteiger partial charge is 0.138 e. The molecule has 0 atom stereocenters. The summed E-state index contributed by atoms with van der Waals surface area (Å²) >= 11 is 6.10. The average Bonchev–Trinajstić information content (AvgIpc) is 2.56. The minimum absolute atomic E-state index is 0.635. The van der Waals surface area contributed by atoms with Crippen LogP contribution in [0.1, 0.15) is 5.69 Å². The third kappa shape index (κ3) is 1.77. The van der Waals surface area contributed by atoms with E-state index in [0.717, 1.165) is 17.3 Å². The molecule has 1 heterocycles. The largest absolute Gasteiger partial charge is 0.495 e. The summed E-state index contributed by atoms with van der Waals surface area (Å²) in [5.41, 5.74) is 7.89. The zero-order chi connectivity index (χ0) is 11.7. The van der Waals surface area contributed by atoms with Gasteiger partial charge in [-0.05, 0) is 31.2 Å². The number of ether oxygens (including phenoxy) is 1. The van der Waals surface area contributed by atoms with Gasteiger partial charge in [-0.2, -0.15) is 0 Å². The average molecular weight is 239 g/mol. The Morgan fingerprint density at radius 1 is 1.38 bits per heavy atom. The topological polar surface area (TPSA) is 40.2 Å². The van der Waals surface area contributed by atoms with Crippen molar-refractivity contribution >= 4 is 22.5 Å². The molecule has 1 aromatic heterocycles. The van der Waals surface area contributed by atoms with Gasteiger partial charge in [0.05, 0.1) is 12.1 Å². The molecule has 0 aliphatic heterocycles. The molecule has 16 heavy (non-hydrogen) atoms. The van der Waals surface area contributed by atoms with E-state index in [4.69, 9.17) is 22.1 Å². The number of nitrogens with two attached hydrogens (primary N) is 1. The lowest BCUT2D eigenvalue weighted by atomic mass is 10.2. The monoisotopic (exact) mass is 238 g/mol. The summed E-state index contributed by atoms with van der Waals surface area (Å²) < 4.78 is 7.31. The summed E-state index contributed by atoms with van der Waals surface area (Å²) in [5.74, 6) is 0.707. The maximum Gasteiger partial charge on any atom is 0.138 e. The summed E-state index contributed by atoms with van der Waals surface area (Å²) in [7, 11) is 3.65. The van der Waals surface area contributed by atoms with Gasteiger partial charge in [-0.1, -0.05) is 11.6 Å². The molecule has 0 saturated carbocycles. The Morgan fingerprint density at radius 2 is 2.12 bits per heavy atom. The number of halogens is 1. The van der Waals surface area contributed by atoms with Crippen LogP contribution in [0, 0.1) is 0 Å². The Labute approximate surface area is 99.7 Å². The lowest BCUT2D eigenvalue weighted by Gasteiger charge is -2.05. The number of methoxy groups -OCH3 is 1. The Bertz CT molecular complexity index is 519. The van der Waals surface area contributed by atoms with Crippen LogP contribution in [-0.4, -0.2) is 18.2 Å². The van der Waals surface area contributed by atoms with Gasteiger partial charge in [0.2, 0.25) is 0 Å². The van der Waals surface area contributed by atoms with Crippen LogP contribution in [0.15, 0.2) is 18.2 Å². The van der Waals surface area contributed by atoms with E-state index in [1.165, 1.54) is 5.69 Å². The fraction of sp³-hybridized carbons (Fsp3) is 0.333. The minimum Gasteiger partial charge on any atom is -0.495 e. The molecule has 0 spiro atoms. The normalized spacial score (nSPS) is 11.0. The molecule has 2 N–H and O–H groups in total. The molecule has 0 amide bonds. The van der Waals surface area contributed by atoms with Crippen LogP contribution < -0.4 is 10.5 Å². The Hall–Kier alpha value is -1.19. The summed E-state index contributed by atoms with van der Waals surface area (Å²) in [4.78, 5) is 0. The quantitative estimate of drug-likeness (QED) is 0.892. The summed E-state index contributed by atoms with van der Waals surface area (Å²) in [6.07, 6.45) is 0.866. The van der Waals surface area contributed by atoms with Crippen LogP contribution in [0.4, 0.5) is 0 Å². The van der Waals surface area contributed by atoms with Crippen molar-refractivity contribution in [2.75, 3.05) is 13.7 Å². The first-order chi connectivity index (χ1) is 7.67. The molecule has 0 saturated heterocycles. The van der Waals surface area contributed by atoms with E-state index in [9.17, 15) is 0 Å². The van der Waals surface area contributed by atoms with Gasteiger partial charge in [0.1, 0.15) is 5.75 Å². The molecule has 0 unspecified atom stereocenters. The molecule has 0 fully saturated rings. The first-order valence-corrected chi connectivity index (χ1v) is 5.57. The molecule has 2 rings (SSSR count). The van der Waals surface area contributed by atoms with Gasteiger partial charge < -0.3 is 15.0 Å². The number of hydrogen-bond donors (Lipinski definition) is 1. The molecule has 3 nitrogen and oxygen atoms in total. The zero-order valence-electron chi connectivity index (χ0n) is 9.46. The van der Waals surface area contributed by atoms with Crippen molar-refractivity contribution in [1.29, 1.82) is 0 Å². The number of nitrogens with zero attached hydrogens (tertiary/aromatic N) is 1. The van der Waals surface area contributed by atoms with E-state index in [-0.39, 0.29) is 0 Å². The van der Waals surface area contributed by atoms with Crippen molar-refractivity contribution in [3.63, 3.8) is 0 Å². The third-order valence-electron chi connectivity index (χ3n) is 2.82. The fourth-order valence-electron chi connectivity index (χ4n) is 1.94. The SMILES string of the molecule is COc1cc2cc(CCN)n(C)c2cc1Cl. The minimum atomic E-state index is 0.635. The maximum absolute atomic E-state index is 6.10. The van der Waals surface area contributed by atoms with Crippen molar-refractivity contribution in [2.45, 2.75) is 6.42 Å². The second-order valence-electron chi connectivity index (χ2n) is 3.78. The number of aromatic nitrogens is 1. The van der Waals surface area contributed by atoms with Crippen LogP contribution in [0.3, 0.4) is 0 Å². The number of aryl methyl sites for hydroxylation is 1. The van der Waals surface area contributed by atoms with E-state index in [1.54, 1.807) is 7.11 Å². The van der Waals surface area contributed by atoms with E-state index in [0.29, 0.717) is 17.3 Å². The summed E-state index contributed by atoms with van der Waals surface area (Å²) in [5, 5.41) is 1.77. The second-order valence-corrected chi connectivity index (χ2v) is 4.19. The van der Waals surface area contributed by atoms with Gasteiger partial charge in [0, 0.05) is 23.6 Å². The zero-order valence-corrected chi connectivity index (χ0v) is 10.2. The van der Waals surface area contributed by atoms with Crippen molar-refractivity contribution in [2.24, 2.45) is 12.8 Å². The highest BCUT2D eigenvalue weighted by Gasteiger charge is 2.09. The van der Waals surface area contributed by atoms with E-state index < -0.39 is 0 Å². The van der Waals surface area contributed by atoms with Gasteiger partial charge in [-0.25, -0.2) is 0 Å². The number of rotatable bonds is 3. The molecule has 4 heteroatoms. The first-order valence-electron chi connectivity index (χ1n) is 5.19.